The number of aliphatic hydroxyl groups excluding tert-OH is 3. The van der Waals surface area contributed by atoms with Crippen LogP contribution in [0.5, 0.6) is 0 Å². The molecule has 0 aromatic heterocycles. The molecule has 20 heavy (non-hydrogen) atoms. The fourth-order valence-electron chi connectivity index (χ4n) is 2.07. The van der Waals surface area contributed by atoms with Gasteiger partial charge in [0.05, 0.1) is 6.10 Å². The summed E-state index contributed by atoms with van der Waals surface area (Å²) in [7, 11) is 0. The number of ether oxygens (including phenoxy) is 2. The Morgan fingerprint density at radius 1 is 1.35 bits per heavy atom. The number of nitrogens with one attached hydrogen (secondary N) is 1. The molecule has 0 radical (unpaired) electrons. The zero-order valence-electron chi connectivity index (χ0n) is 11.7. The first-order chi connectivity index (χ1) is 9.38. The Bertz CT molecular complexity index is 335. The third-order valence-corrected chi connectivity index (χ3v) is 3.19. The van der Waals surface area contributed by atoms with Crippen molar-refractivity contribution < 1.29 is 29.6 Å². The van der Waals surface area contributed by atoms with Crippen molar-refractivity contribution in [1.82, 2.24) is 5.32 Å². The van der Waals surface area contributed by atoms with Gasteiger partial charge in [0.1, 0.15) is 31.0 Å². The van der Waals surface area contributed by atoms with Gasteiger partial charge in [0, 0.05) is 6.54 Å². The fourth-order valence-corrected chi connectivity index (χ4v) is 2.07. The Morgan fingerprint density at radius 3 is 2.55 bits per heavy atom. The van der Waals surface area contributed by atoms with Crippen molar-refractivity contribution >= 4 is 6.09 Å². The highest BCUT2D eigenvalue weighted by atomic mass is 16.6. The van der Waals surface area contributed by atoms with E-state index in [1.165, 1.54) is 6.08 Å². The van der Waals surface area contributed by atoms with Crippen molar-refractivity contribution in [3.05, 3.63) is 12.7 Å². The average Bonchev–Trinajstić information content (AvgIpc) is 2.41. The van der Waals surface area contributed by atoms with Gasteiger partial charge in [-0.15, -0.1) is 0 Å². The molecular weight excluding hydrogens is 266 g/mol. The van der Waals surface area contributed by atoms with Crippen molar-refractivity contribution in [3.8, 4) is 0 Å². The minimum Gasteiger partial charge on any atom is -0.445 e. The monoisotopic (exact) mass is 289 g/mol. The molecule has 1 aliphatic heterocycles. The smallest absolute Gasteiger partial charge is 0.407 e. The lowest BCUT2D eigenvalue weighted by atomic mass is 9.89. The van der Waals surface area contributed by atoms with Crippen LogP contribution in [-0.2, 0) is 9.47 Å². The van der Waals surface area contributed by atoms with E-state index < -0.39 is 36.6 Å². The first-order valence-electron chi connectivity index (χ1n) is 6.59. The van der Waals surface area contributed by atoms with Crippen LogP contribution < -0.4 is 5.32 Å². The lowest BCUT2D eigenvalue weighted by molar-refractivity contribution is -0.229. The molecule has 1 saturated heterocycles. The Labute approximate surface area is 118 Å². The minimum absolute atomic E-state index is 0.0237. The Balaban J connectivity index is 2.55. The second kappa shape index (κ2) is 7.58. The molecule has 1 rings (SSSR count). The standard InChI is InChI=1S/C13H23NO6/c1-4-5-19-13(18)14-6-8-9(15)10(16)11(17)12(20-8)7(2)3/h4,7-12,15-17H,1,5-6H2,2-3H3,(H,14,18)/t8?,9-,10?,11?,12+/m1/s1. The van der Waals surface area contributed by atoms with Crippen LogP contribution >= 0.6 is 0 Å². The van der Waals surface area contributed by atoms with Crippen molar-refractivity contribution in [2.24, 2.45) is 5.92 Å². The highest BCUT2D eigenvalue weighted by molar-refractivity contribution is 5.67. The van der Waals surface area contributed by atoms with E-state index in [2.05, 4.69) is 11.9 Å². The third-order valence-electron chi connectivity index (χ3n) is 3.19. The molecule has 0 bridgehead atoms. The summed E-state index contributed by atoms with van der Waals surface area (Å²) < 4.78 is 10.3. The molecule has 0 aromatic carbocycles. The molecule has 5 atom stereocenters. The van der Waals surface area contributed by atoms with Crippen LogP contribution in [0.15, 0.2) is 12.7 Å². The second-order valence-corrected chi connectivity index (χ2v) is 5.12. The van der Waals surface area contributed by atoms with E-state index in [4.69, 9.17) is 9.47 Å². The minimum atomic E-state index is -1.31. The van der Waals surface area contributed by atoms with Gasteiger partial charge >= 0.3 is 6.09 Å². The van der Waals surface area contributed by atoms with E-state index in [0.29, 0.717) is 0 Å². The van der Waals surface area contributed by atoms with Crippen molar-refractivity contribution in [3.63, 3.8) is 0 Å². The largest absolute Gasteiger partial charge is 0.445 e. The van der Waals surface area contributed by atoms with E-state index in [-0.39, 0.29) is 19.1 Å². The second-order valence-electron chi connectivity index (χ2n) is 5.12. The molecule has 7 heteroatoms. The predicted molar refractivity (Wildman–Crippen MR) is 71.1 cm³/mol. The zero-order chi connectivity index (χ0) is 15.3. The molecule has 1 heterocycles. The highest BCUT2D eigenvalue weighted by Gasteiger charge is 2.44. The molecular formula is C13H23NO6. The first-order valence-corrected chi connectivity index (χ1v) is 6.59. The molecule has 0 aromatic rings. The summed E-state index contributed by atoms with van der Waals surface area (Å²) >= 11 is 0. The van der Waals surface area contributed by atoms with Gasteiger partial charge in [-0.05, 0) is 5.92 Å². The number of amides is 1. The summed E-state index contributed by atoms with van der Waals surface area (Å²) in [5.74, 6) is -0.0395. The maximum absolute atomic E-state index is 11.3. The quantitative estimate of drug-likeness (QED) is 0.504. The fraction of sp³-hybridized carbons (Fsp3) is 0.769. The number of hydrogen-bond donors (Lipinski definition) is 4. The van der Waals surface area contributed by atoms with Gasteiger partial charge < -0.3 is 30.1 Å². The molecule has 0 saturated carbocycles. The van der Waals surface area contributed by atoms with Crippen LogP contribution in [0.25, 0.3) is 0 Å². The summed E-state index contributed by atoms with van der Waals surface area (Å²) in [6.45, 7) is 7.14. The average molecular weight is 289 g/mol. The van der Waals surface area contributed by atoms with Gasteiger partial charge in [-0.2, -0.15) is 0 Å². The molecule has 4 N–H and O–H groups in total. The van der Waals surface area contributed by atoms with Gasteiger partial charge in [0.2, 0.25) is 0 Å². The van der Waals surface area contributed by atoms with Gasteiger partial charge in [-0.3, -0.25) is 0 Å². The summed E-state index contributed by atoms with van der Waals surface area (Å²) in [5, 5.41) is 31.9. The Morgan fingerprint density at radius 2 is 2.00 bits per heavy atom. The lowest BCUT2D eigenvalue weighted by Crippen LogP contribution is -2.61. The van der Waals surface area contributed by atoms with Gasteiger partial charge in [-0.1, -0.05) is 26.5 Å². The maximum Gasteiger partial charge on any atom is 0.407 e. The van der Waals surface area contributed by atoms with Crippen LogP contribution in [0, 0.1) is 5.92 Å². The normalized spacial score (nSPS) is 33.8. The summed E-state index contributed by atoms with van der Waals surface area (Å²) in [6, 6.07) is 0. The van der Waals surface area contributed by atoms with E-state index in [1.807, 2.05) is 13.8 Å². The zero-order valence-corrected chi connectivity index (χ0v) is 11.7. The van der Waals surface area contributed by atoms with E-state index >= 15 is 0 Å². The third kappa shape index (κ3) is 4.17. The lowest BCUT2D eigenvalue weighted by Gasteiger charge is -2.42. The van der Waals surface area contributed by atoms with E-state index in [0.717, 1.165) is 0 Å². The summed E-state index contributed by atoms with van der Waals surface area (Å²) in [5.41, 5.74) is 0. The van der Waals surface area contributed by atoms with Gasteiger partial charge in [0.15, 0.2) is 0 Å². The topological polar surface area (TPSA) is 108 Å². The summed E-state index contributed by atoms with van der Waals surface area (Å²) in [4.78, 5) is 11.3. The number of carbonyl (C=O) groups is 1. The van der Waals surface area contributed by atoms with Crippen molar-refractivity contribution in [1.29, 1.82) is 0 Å². The van der Waals surface area contributed by atoms with Crippen LogP contribution in [0.3, 0.4) is 0 Å². The molecule has 1 amide bonds. The molecule has 1 aliphatic rings. The molecule has 3 unspecified atom stereocenters. The van der Waals surface area contributed by atoms with Crippen LogP contribution in [0.1, 0.15) is 13.8 Å². The van der Waals surface area contributed by atoms with E-state index in [1.54, 1.807) is 0 Å². The van der Waals surface area contributed by atoms with Crippen molar-refractivity contribution in [2.75, 3.05) is 13.2 Å². The molecule has 0 aliphatic carbocycles. The van der Waals surface area contributed by atoms with Crippen LogP contribution in [-0.4, -0.2) is 65.1 Å². The van der Waals surface area contributed by atoms with Gasteiger partial charge in [0.25, 0.3) is 0 Å². The Kier molecular flexibility index (Phi) is 6.41. The maximum atomic E-state index is 11.3. The van der Waals surface area contributed by atoms with Crippen LogP contribution in [0.4, 0.5) is 4.79 Å². The first kappa shape index (κ1) is 16.9. The van der Waals surface area contributed by atoms with Crippen molar-refractivity contribution in [2.45, 2.75) is 44.4 Å². The molecule has 1 fully saturated rings. The number of alkyl carbamates (subject to hydrolysis) is 1. The number of hydrogen-bond acceptors (Lipinski definition) is 6. The van der Waals surface area contributed by atoms with Gasteiger partial charge in [-0.25, -0.2) is 4.79 Å². The number of carbonyl (C=O) groups excluding carboxylic acids is 1. The Hall–Kier alpha value is -1.15. The molecule has 116 valence electrons. The van der Waals surface area contributed by atoms with E-state index in [9.17, 15) is 20.1 Å². The number of aliphatic hydroxyl groups is 3. The SMILES string of the molecule is C=CCOC(=O)NCC1O[C@@H](C(C)C)C(O)C(O)[C@@H]1O. The summed E-state index contributed by atoms with van der Waals surface area (Å²) in [6.07, 6.45) is -4.40. The highest BCUT2D eigenvalue weighted by Crippen LogP contribution is 2.25. The number of rotatable bonds is 5. The molecule has 0 spiro atoms. The molecule has 7 nitrogen and oxygen atoms in total. The van der Waals surface area contributed by atoms with Crippen LogP contribution in [0.2, 0.25) is 0 Å². The predicted octanol–water partition coefficient (Wildman–Crippen LogP) is -0.595.